The first-order valence-electron chi connectivity index (χ1n) is 7.64. The number of para-hydroxylation sites is 1. The molecule has 3 aromatic rings. The maximum Gasteiger partial charge on any atom is 0.224 e. The summed E-state index contributed by atoms with van der Waals surface area (Å²) in [5.74, 6) is 1.43. The number of nitrogens with one attached hydrogen (secondary N) is 2. The number of hydrogen-bond donors (Lipinski definition) is 2. The minimum absolute atomic E-state index is 0.0676. The van der Waals surface area contributed by atoms with Crippen LogP contribution in [0.15, 0.2) is 42.6 Å². The second kappa shape index (κ2) is 7.04. The topological polar surface area (TPSA) is 76.2 Å². The molecule has 6 heteroatoms. The number of benzene rings is 2. The number of nitrogens with zero attached hydrogens (tertiary/aromatic N) is 1. The first-order chi connectivity index (χ1) is 11.7. The van der Waals surface area contributed by atoms with Crippen molar-refractivity contribution >= 4 is 22.5 Å². The van der Waals surface area contributed by atoms with E-state index in [0.717, 1.165) is 33.7 Å². The van der Waals surface area contributed by atoms with Crippen LogP contribution in [0.5, 0.6) is 11.5 Å². The van der Waals surface area contributed by atoms with E-state index < -0.39 is 0 Å². The summed E-state index contributed by atoms with van der Waals surface area (Å²) in [7, 11) is 3.23. The van der Waals surface area contributed by atoms with Crippen molar-refractivity contribution in [2.45, 2.75) is 12.8 Å². The van der Waals surface area contributed by atoms with Crippen LogP contribution >= 0.6 is 0 Å². The molecule has 0 saturated carbocycles. The molecule has 0 aliphatic carbocycles. The van der Waals surface area contributed by atoms with Gasteiger partial charge >= 0.3 is 0 Å². The van der Waals surface area contributed by atoms with Gasteiger partial charge in [0.2, 0.25) is 5.91 Å². The summed E-state index contributed by atoms with van der Waals surface area (Å²) < 4.78 is 10.6. The molecule has 3 rings (SSSR count). The summed E-state index contributed by atoms with van der Waals surface area (Å²) in [5.41, 5.74) is 2.49. The molecule has 0 unspecified atom stereocenters. The molecule has 0 bridgehead atoms. The minimum Gasteiger partial charge on any atom is -0.497 e. The van der Waals surface area contributed by atoms with Gasteiger partial charge in [-0.2, -0.15) is 5.10 Å². The lowest BCUT2D eigenvalue weighted by Crippen LogP contribution is -2.13. The van der Waals surface area contributed by atoms with E-state index in [0.29, 0.717) is 12.8 Å². The zero-order valence-electron chi connectivity index (χ0n) is 13.6. The second-order valence-corrected chi connectivity index (χ2v) is 5.37. The molecular weight excluding hydrogens is 306 g/mol. The summed E-state index contributed by atoms with van der Waals surface area (Å²) in [6, 6.07) is 11.2. The molecule has 1 aromatic heterocycles. The Bertz CT molecular complexity index is 858. The molecule has 0 saturated heterocycles. The van der Waals surface area contributed by atoms with Crippen LogP contribution in [0.4, 0.5) is 5.69 Å². The molecule has 0 aliphatic rings. The van der Waals surface area contributed by atoms with Crippen molar-refractivity contribution in [3.63, 3.8) is 0 Å². The van der Waals surface area contributed by atoms with E-state index in [4.69, 9.17) is 9.47 Å². The van der Waals surface area contributed by atoms with Gasteiger partial charge in [-0.1, -0.05) is 12.1 Å². The van der Waals surface area contributed by atoms with Gasteiger partial charge in [-0.05, 0) is 36.2 Å². The fourth-order valence-electron chi connectivity index (χ4n) is 2.61. The quantitative estimate of drug-likeness (QED) is 0.730. The van der Waals surface area contributed by atoms with Crippen LogP contribution in [0.2, 0.25) is 0 Å². The van der Waals surface area contributed by atoms with E-state index in [1.54, 1.807) is 20.4 Å². The lowest BCUT2D eigenvalue weighted by atomic mass is 10.1. The van der Waals surface area contributed by atoms with Crippen molar-refractivity contribution < 1.29 is 14.3 Å². The van der Waals surface area contributed by atoms with Gasteiger partial charge in [0, 0.05) is 11.8 Å². The van der Waals surface area contributed by atoms with Gasteiger partial charge in [-0.15, -0.1) is 0 Å². The van der Waals surface area contributed by atoms with Crippen molar-refractivity contribution in [1.29, 1.82) is 0 Å². The van der Waals surface area contributed by atoms with E-state index >= 15 is 0 Å². The smallest absolute Gasteiger partial charge is 0.224 e. The summed E-state index contributed by atoms with van der Waals surface area (Å²) in [4.78, 5) is 12.3. The first-order valence-corrected chi connectivity index (χ1v) is 7.64. The normalized spacial score (nSPS) is 10.6. The monoisotopic (exact) mass is 325 g/mol. The first kappa shape index (κ1) is 15.9. The number of H-pyrrole nitrogens is 1. The maximum absolute atomic E-state index is 12.3. The Morgan fingerprint density at radius 3 is 2.88 bits per heavy atom. The summed E-state index contributed by atoms with van der Waals surface area (Å²) in [5, 5.41) is 10.8. The second-order valence-electron chi connectivity index (χ2n) is 5.37. The van der Waals surface area contributed by atoms with Gasteiger partial charge in [0.25, 0.3) is 0 Å². The fraction of sp³-hybridized carbons (Fsp3) is 0.222. The molecular formula is C18H19N3O3. The van der Waals surface area contributed by atoms with E-state index in [1.165, 1.54) is 0 Å². The Hall–Kier alpha value is -3.02. The third-order valence-electron chi connectivity index (χ3n) is 3.86. The number of ether oxygens (including phenoxy) is 2. The highest BCUT2D eigenvalue weighted by Crippen LogP contribution is 2.25. The molecule has 1 heterocycles. The minimum atomic E-state index is -0.0676. The van der Waals surface area contributed by atoms with Gasteiger partial charge in [0.15, 0.2) is 0 Å². The summed E-state index contributed by atoms with van der Waals surface area (Å²) >= 11 is 0. The molecule has 2 aromatic carbocycles. The van der Waals surface area contributed by atoms with Crippen molar-refractivity contribution in [3.05, 3.63) is 48.2 Å². The van der Waals surface area contributed by atoms with Gasteiger partial charge in [-0.25, -0.2) is 0 Å². The molecule has 0 atom stereocenters. The molecule has 0 spiro atoms. The number of aromatic nitrogens is 2. The zero-order valence-corrected chi connectivity index (χ0v) is 13.6. The van der Waals surface area contributed by atoms with Crippen LogP contribution in [0.3, 0.4) is 0 Å². The lowest BCUT2D eigenvalue weighted by molar-refractivity contribution is -0.116. The molecule has 24 heavy (non-hydrogen) atoms. The van der Waals surface area contributed by atoms with Crippen LogP contribution in [0.1, 0.15) is 12.0 Å². The lowest BCUT2D eigenvalue weighted by Gasteiger charge is -2.11. The Morgan fingerprint density at radius 2 is 2.08 bits per heavy atom. The third-order valence-corrected chi connectivity index (χ3v) is 3.86. The largest absolute Gasteiger partial charge is 0.497 e. The van der Waals surface area contributed by atoms with Crippen LogP contribution in [-0.4, -0.2) is 30.3 Å². The maximum atomic E-state index is 12.3. The number of anilines is 1. The number of fused-ring (bicyclic) bond motifs is 1. The molecule has 0 aliphatic heterocycles. The number of amides is 1. The summed E-state index contributed by atoms with van der Waals surface area (Å²) in [6.07, 6.45) is 2.63. The van der Waals surface area contributed by atoms with Gasteiger partial charge < -0.3 is 14.8 Å². The molecule has 0 radical (unpaired) electrons. The third kappa shape index (κ3) is 3.32. The Kier molecular flexibility index (Phi) is 4.65. The fourth-order valence-corrected chi connectivity index (χ4v) is 2.61. The average molecular weight is 325 g/mol. The number of carbonyl (C=O) groups excluding carboxylic acids is 1. The van der Waals surface area contributed by atoms with Gasteiger partial charge in [-0.3, -0.25) is 9.89 Å². The van der Waals surface area contributed by atoms with Crippen LogP contribution in [0, 0.1) is 0 Å². The molecule has 0 fully saturated rings. The average Bonchev–Trinajstić information content (AvgIpc) is 3.09. The van der Waals surface area contributed by atoms with Crippen LogP contribution in [0.25, 0.3) is 10.9 Å². The number of methoxy groups -OCH3 is 2. The predicted octanol–water partition coefficient (Wildman–Crippen LogP) is 3.15. The van der Waals surface area contributed by atoms with Gasteiger partial charge in [0.1, 0.15) is 11.5 Å². The number of hydrogen-bond acceptors (Lipinski definition) is 4. The number of rotatable bonds is 6. The van der Waals surface area contributed by atoms with Crippen LogP contribution in [-0.2, 0) is 11.2 Å². The summed E-state index contributed by atoms with van der Waals surface area (Å²) in [6.45, 7) is 0. The highest BCUT2D eigenvalue weighted by Gasteiger charge is 2.10. The van der Waals surface area contributed by atoms with Gasteiger partial charge in [0.05, 0.1) is 31.6 Å². The number of aryl methyl sites for hydroxylation is 1. The van der Waals surface area contributed by atoms with E-state index in [-0.39, 0.29) is 5.91 Å². The van der Waals surface area contributed by atoms with Crippen molar-refractivity contribution in [2.24, 2.45) is 0 Å². The van der Waals surface area contributed by atoms with Crippen LogP contribution < -0.4 is 14.8 Å². The Morgan fingerprint density at radius 1 is 1.21 bits per heavy atom. The predicted molar refractivity (Wildman–Crippen MR) is 92.6 cm³/mol. The molecule has 2 N–H and O–H groups in total. The molecule has 124 valence electrons. The van der Waals surface area contributed by atoms with E-state index in [9.17, 15) is 4.79 Å². The number of carbonyl (C=O) groups is 1. The zero-order chi connectivity index (χ0) is 16.9. The van der Waals surface area contributed by atoms with E-state index in [2.05, 4.69) is 15.5 Å². The molecule has 6 nitrogen and oxygen atoms in total. The standard InChI is InChI=1S/C18H19N3O3/c1-23-14-7-8-16(24-2)12(10-14)6-9-17(22)20-15-5-3-4-13-11-19-21-18(13)15/h3-5,7-8,10-11H,6,9H2,1-2H3,(H,19,21)(H,20,22). The van der Waals surface area contributed by atoms with Crippen molar-refractivity contribution in [3.8, 4) is 11.5 Å². The highest BCUT2D eigenvalue weighted by atomic mass is 16.5. The Labute approximate surface area is 139 Å². The SMILES string of the molecule is COc1ccc(OC)c(CCC(=O)Nc2cccc3cn[nH]c23)c1. The van der Waals surface area contributed by atoms with Crippen molar-refractivity contribution in [2.75, 3.05) is 19.5 Å². The highest BCUT2D eigenvalue weighted by molar-refractivity contribution is 6.00. The van der Waals surface area contributed by atoms with E-state index in [1.807, 2.05) is 36.4 Å². The number of aromatic amines is 1. The van der Waals surface area contributed by atoms with Crippen molar-refractivity contribution in [1.82, 2.24) is 10.2 Å². The Balaban J connectivity index is 1.69. The molecule has 1 amide bonds.